The highest BCUT2D eigenvalue weighted by atomic mass is 16.6. The maximum absolute atomic E-state index is 12.0. The number of hydrogen-bond donors (Lipinski definition) is 1. The second-order valence-electron chi connectivity index (χ2n) is 7.91. The van der Waals surface area contributed by atoms with Crippen molar-refractivity contribution in [2.75, 3.05) is 39.4 Å². The number of rotatable bonds is 5. The van der Waals surface area contributed by atoms with Crippen LogP contribution in [0.4, 0.5) is 4.79 Å². The van der Waals surface area contributed by atoms with Crippen molar-refractivity contribution in [2.45, 2.75) is 64.8 Å². The van der Waals surface area contributed by atoms with E-state index >= 15 is 0 Å². The van der Waals surface area contributed by atoms with Crippen LogP contribution in [0.15, 0.2) is 0 Å². The van der Waals surface area contributed by atoms with Gasteiger partial charge in [-0.15, -0.1) is 0 Å². The highest BCUT2D eigenvalue weighted by molar-refractivity contribution is 5.67. The fourth-order valence-electron chi connectivity index (χ4n) is 3.75. The minimum absolute atomic E-state index is 0.120. The molecule has 0 radical (unpaired) electrons. The Morgan fingerprint density at radius 3 is 2.22 bits per heavy atom. The van der Waals surface area contributed by atoms with Gasteiger partial charge in [-0.2, -0.15) is 0 Å². The molecule has 1 amide bonds. The smallest absolute Gasteiger partial charge is 0.409 e. The van der Waals surface area contributed by atoms with Crippen molar-refractivity contribution in [3.63, 3.8) is 0 Å². The predicted octanol–water partition coefficient (Wildman–Crippen LogP) is 2.87. The number of aliphatic hydroxyl groups excluding tert-OH is 1. The van der Waals surface area contributed by atoms with Gasteiger partial charge in [0, 0.05) is 18.6 Å². The number of amides is 1. The van der Waals surface area contributed by atoms with Gasteiger partial charge in [0.05, 0.1) is 13.2 Å². The number of piperidine rings is 2. The number of carbonyl (C=O) groups is 1. The Kier molecular flexibility index (Phi) is 6.32. The van der Waals surface area contributed by atoms with Gasteiger partial charge in [-0.3, -0.25) is 4.90 Å². The van der Waals surface area contributed by atoms with Gasteiger partial charge in [-0.25, -0.2) is 4.79 Å². The number of likely N-dealkylation sites (tertiary alicyclic amines) is 2. The summed E-state index contributed by atoms with van der Waals surface area (Å²) >= 11 is 0. The highest BCUT2D eigenvalue weighted by Crippen LogP contribution is 2.42. The first-order valence-electron chi connectivity index (χ1n) is 9.20. The molecule has 2 heterocycles. The molecule has 0 unspecified atom stereocenters. The van der Waals surface area contributed by atoms with E-state index in [-0.39, 0.29) is 18.2 Å². The van der Waals surface area contributed by atoms with E-state index in [0.29, 0.717) is 12.0 Å². The Morgan fingerprint density at radius 2 is 1.70 bits per heavy atom. The van der Waals surface area contributed by atoms with E-state index in [1.54, 1.807) is 0 Å². The molecule has 2 rings (SSSR count). The summed E-state index contributed by atoms with van der Waals surface area (Å²) in [5.41, 5.74) is 0.271. The third-order valence-corrected chi connectivity index (χ3v) is 5.87. The van der Waals surface area contributed by atoms with Crippen LogP contribution in [0.25, 0.3) is 0 Å². The van der Waals surface area contributed by atoms with Crippen LogP contribution in [0.1, 0.15) is 59.3 Å². The Labute approximate surface area is 141 Å². The second kappa shape index (κ2) is 7.84. The monoisotopic (exact) mass is 326 g/mol. The van der Waals surface area contributed by atoms with E-state index in [4.69, 9.17) is 4.74 Å². The van der Waals surface area contributed by atoms with E-state index < -0.39 is 0 Å². The van der Waals surface area contributed by atoms with Crippen LogP contribution in [0, 0.1) is 5.41 Å². The fourth-order valence-corrected chi connectivity index (χ4v) is 3.75. The van der Waals surface area contributed by atoms with Crippen molar-refractivity contribution < 1.29 is 14.6 Å². The first-order chi connectivity index (χ1) is 10.9. The molecule has 134 valence electrons. The summed E-state index contributed by atoms with van der Waals surface area (Å²) in [4.78, 5) is 16.3. The molecule has 0 aromatic heterocycles. The quantitative estimate of drug-likeness (QED) is 0.789. The van der Waals surface area contributed by atoms with E-state index in [1.807, 2.05) is 4.90 Å². The van der Waals surface area contributed by atoms with Crippen molar-refractivity contribution in [1.29, 1.82) is 0 Å². The maximum Gasteiger partial charge on any atom is 0.409 e. The van der Waals surface area contributed by atoms with E-state index in [0.717, 1.165) is 51.9 Å². The summed E-state index contributed by atoms with van der Waals surface area (Å²) in [5.74, 6) is 0. The summed E-state index contributed by atoms with van der Waals surface area (Å²) in [7, 11) is 0. The normalized spacial score (nSPS) is 22.3. The molecule has 0 aliphatic carbocycles. The number of unbranched alkanes of at least 4 members (excludes halogenated alkanes) is 1. The summed E-state index contributed by atoms with van der Waals surface area (Å²) in [6.45, 7) is 10.8. The molecule has 0 atom stereocenters. The summed E-state index contributed by atoms with van der Waals surface area (Å²) < 4.78 is 5.32. The Bertz CT molecular complexity index is 380. The molecule has 2 aliphatic heterocycles. The van der Waals surface area contributed by atoms with Gasteiger partial charge >= 0.3 is 6.09 Å². The zero-order valence-corrected chi connectivity index (χ0v) is 15.1. The third kappa shape index (κ3) is 4.60. The first-order valence-corrected chi connectivity index (χ1v) is 9.20. The molecular formula is C18H34N2O3. The summed E-state index contributed by atoms with van der Waals surface area (Å²) in [6.07, 6.45) is 6.39. The van der Waals surface area contributed by atoms with Crippen LogP contribution in [0.5, 0.6) is 0 Å². The highest BCUT2D eigenvalue weighted by Gasteiger charge is 2.41. The molecule has 0 aromatic carbocycles. The number of nitrogens with zero attached hydrogens (tertiary/aromatic N) is 2. The van der Waals surface area contributed by atoms with Gasteiger partial charge in [0.1, 0.15) is 0 Å². The van der Waals surface area contributed by atoms with Gasteiger partial charge in [0.25, 0.3) is 0 Å². The Morgan fingerprint density at radius 1 is 1.13 bits per heavy atom. The first kappa shape index (κ1) is 18.5. The van der Waals surface area contributed by atoms with Gasteiger partial charge in [-0.1, -0.05) is 13.3 Å². The van der Waals surface area contributed by atoms with Gasteiger partial charge < -0.3 is 14.7 Å². The number of aliphatic hydroxyl groups is 1. The lowest BCUT2D eigenvalue weighted by Gasteiger charge is -2.50. The molecule has 23 heavy (non-hydrogen) atoms. The average Bonchev–Trinajstić information content (AvgIpc) is 2.56. The fraction of sp³-hybridized carbons (Fsp3) is 0.944. The standard InChI is InChI=1S/C18H34N2O3/c1-4-5-14-23-16(22)19-10-6-18(7-11-19)8-12-20(13-9-18)17(2,3)15-21/h21H,4-15H2,1-3H3. The zero-order valence-electron chi connectivity index (χ0n) is 15.1. The molecule has 5 heteroatoms. The molecule has 2 fully saturated rings. The minimum Gasteiger partial charge on any atom is -0.449 e. The molecule has 1 spiro atoms. The SMILES string of the molecule is CCCCOC(=O)N1CCC2(CC1)CCN(C(C)(C)CO)CC2. The van der Waals surface area contributed by atoms with Crippen molar-refractivity contribution >= 4 is 6.09 Å². The number of ether oxygens (including phenoxy) is 1. The van der Waals surface area contributed by atoms with Crippen LogP contribution < -0.4 is 0 Å². The molecule has 2 saturated heterocycles. The van der Waals surface area contributed by atoms with Crippen LogP contribution >= 0.6 is 0 Å². The minimum atomic E-state index is -0.132. The zero-order chi connectivity index (χ0) is 16.9. The lowest BCUT2D eigenvalue weighted by molar-refractivity contribution is -0.0195. The largest absolute Gasteiger partial charge is 0.449 e. The lowest BCUT2D eigenvalue weighted by atomic mass is 9.70. The van der Waals surface area contributed by atoms with Gasteiger partial charge in [-0.05, 0) is 64.5 Å². The van der Waals surface area contributed by atoms with Crippen molar-refractivity contribution in [2.24, 2.45) is 5.41 Å². The molecule has 2 aliphatic rings. The molecule has 1 N–H and O–H groups in total. The predicted molar refractivity (Wildman–Crippen MR) is 91.5 cm³/mol. The van der Waals surface area contributed by atoms with Crippen LogP contribution in [0.3, 0.4) is 0 Å². The van der Waals surface area contributed by atoms with Crippen LogP contribution in [-0.2, 0) is 4.74 Å². The molecule has 5 nitrogen and oxygen atoms in total. The van der Waals surface area contributed by atoms with Crippen molar-refractivity contribution in [3.05, 3.63) is 0 Å². The summed E-state index contributed by atoms with van der Waals surface area (Å²) in [5, 5.41) is 9.53. The lowest BCUT2D eigenvalue weighted by Crippen LogP contribution is -2.54. The van der Waals surface area contributed by atoms with E-state index in [1.165, 1.54) is 12.8 Å². The molecule has 0 saturated carbocycles. The average molecular weight is 326 g/mol. The van der Waals surface area contributed by atoms with Gasteiger partial charge in [0.2, 0.25) is 0 Å². The third-order valence-electron chi connectivity index (χ3n) is 5.87. The number of hydrogen-bond acceptors (Lipinski definition) is 4. The Hall–Kier alpha value is -0.810. The van der Waals surface area contributed by atoms with Gasteiger partial charge in [0.15, 0.2) is 0 Å². The molecule has 0 aromatic rings. The molecular weight excluding hydrogens is 292 g/mol. The van der Waals surface area contributed by atoms with E-state index in [9.17, 15) is 9.90 Å². The summed E-state index contributed by atoms with van der Waals surface area (Å²) in [6, 6.07) is 0. The molecule has 0 bridgehead atoms. The van der Waals surface area contributed by atoms with Crippen LogP contribution in [0.2, 0.25) is 0 Å². The van der Waals surface area contributed by atoms with E-state index in [2.05, 4.69) is 25.7 Å². The number of carbonyl (C=O) groups excluding carboxylic acids is 1. The van der Waals surface area contributed by atoms with Crippen LogP contribution in [-0.4, -0.2) is 65.9 Å². The van der Waals surface area contributed by atoms with Crippen molar-refractivity contribution in [3.8, 4) is 0 Å². The Balaban J connectivity index is 1.77. The maximum atomic E-state index is 12.0. The topological polar surface area (TPSA) is 53.0 Å². The second-order valence-corrected chi connectivity index (χ2v) is 7.91. The van der Waals surface area contributed by atoms with Crippen molar-refractivity contribution in [1.82, 2.24) is 9.80 Å².